The molecule has 0 radical (unpaired) electrons. The molecule has 0 aliphatic carbocycles. The third kappa shape index (κ3) is 4.29. The summed E-state index contributed by atoms with van der Waals surface area (Å²) in [6.07, 6.45) is 0.798. The maximum absolute atomic E-state index is 11.9. The van der Waals surface area contributed by atoms with E-state index in [1.54, 1.807) is 6.92 Å². The zero-order chi connectivity index (χ0) is 17.0. The van der Waals surface area contributed by atoms with E-state index >= 15 is 0 Å². The van der Waals surface area contributed by atoms with Crippen molar-refractivity contribution in [2.45, 2.75) is 33.2 Å². The number of aromatic nitrogens is 2. The summed E-state index contributed by atoms with van der Waals surface area (Å²) < 4.78 is 1.46. The first kappa shape index (κ1) is 17.0. The maximum Gasteiger partial charge on any atom is 0.408 e. The van der Waals surface area contributed by atoms with E-state index in [0.29, 0.717) is 25.1 Å². The Balaban J connectivity index is 1.87. The summed E-state index contributed by atoms with van der Waals surface area (Å²) in [5.41, 5.74) is 2.39. The van der Waals surface area contributed by atoms with Gasteiger partial charge in [-0.05, 0) is 37.3 Å². The van der Waals surface area contributed by atoms with Crippen molar-refractivity contribution in [1.82, 2.24) is 9.78 Å². The second kappa shape index (κ2) is 7.23. The summed E-state index contributed by atoms with van der Waals surface area (Å²) in [4.78, 5) is 22.0. The van der Waals surface area contributed by atoms with Gasteiger partial charge in [0.1, 0.15) is 0 Å². The highest BCUT2D eigenvalue weighted by Crippen LogP contribution is 2.26. The number of aryl methyl sites for hydroxylation is 2. The zero-order valence-corrected chi connectivity index (χ0v) is 13.6. The van der Waals surface area contributed by atoms with Gasteiger partial charge in [0.25, 0.3) is 0 Å². The molecule has 0 aliphatic rings. The standard InChI is InChI=1S/C15H17ClN4O3/c1-10-5-7-12(8-6-10)17-13(21)4-3-9-19-11(2)14(16)15(18-19)20(22)23/h5-8H,3-4,9H2,1-2H3,(H,17,21). The Morgan fingerprint density at radius 2 is 2.00 bits per heavy atom. The van der Waals surface area contributed by atoms with Crippen molar-refractivity contribution in [1.29, 1.82) is 0 Å². The molecule has 1 aromatic heterocycles. The number of carbonyl (C=O) groups is 1. The van der Waals surface area contributed by atoms with Crippen molar-refractivity contribution in [3.8, 4) is 0 Å². The molecular formula is C15H17ClN4O3. The molecule has 0 saturated carbocycles. The molecule has 8 heteroatoms. The van der Waals surface area contributed by atoms with Gasteiger partial charge < -0.3 is 15.4 Å². The van der Waals surface area contributed by atoms with Crippen LogP contribution in [-0.4, -0.2) is 20.6 Å². The van der Waals surface area contributed by atoms with E-state index in [4.69, 9.17) is 11.6 Å². The predicted octanol–water partition coefficient (Wildman–Crippen LogP) is 3.48. The highest BCUT2D eigenvalue weighted by molar-refractivity contribution is 6.33. The highest BCUT2D eigenvalue weighted by atomic mass is 35.5. The number of nitrogens with zero attached hydrogens (tertiary/aromatic N) is 3. The fourth-order valence-electron chi connectivity index (χ4n) is 2.09. The Morgan fingerprint density at radius 3 is 2.57 bits per heavy atom. The predicted molar refractivity (Wildman–Crippen MR) is 87.7 cm³/mol. The Hall–Kier alpha value is -2.41. The van der Waals surface area contributed by atoms with Crippen molar-refractivity contribution in [3.05, 3.63) is 50.7 Å². The molecule has 0 fully saturated rings. The van der Waals surface area contributed by atoms with E-state index in [1.807, 2.05) is 31.2 Å². The molecule has 0 saturated heterocycles. The number of hydrogen-bond donors (Lipinski definition) is 1. The van der Waals surface area contributed by atoms with Crippen molar-refractivity contribution in [2.24, 2.45) is 0 Å². The lowest BCUT2D eigenvalue weighted by molar-refractivity contribution is -0.389. The van der Waals surface area contributed by atoms with Crippen molar-refractivity contribution >= 4 is 29.0 Å². The number of anilines is 1. The van der Waals surface area contributed by atoms with E-state index < -0.39 is 4.92 Å². The van der Waals surface area contributed by atoms with E-state index in [1.165, 1.54) is 4.68 Å². The summed E-state index contributed by atoms with van der Waals surface area (Å²) in [6.45, 7) is 4.03. The van der Waals surface area contributed by atoms with Gasteiger partial charge in [-0.3, -0.25) is 4.79 Å². The average molecular weight is 337 g/mol. The summed E-state index contributed by atoms with van der Waals surface area (Å²) >= 11 is 5.87. The number of benzene rings is 1. The molecule has 1 amide bonds. The van der Waals surface area contributed by atoms with Crippen molar-refractivity contribution in [3.63, 3.8) is 0 Å². The normalized spacial score (nSPS) is 10.6. The van der Waals surface area contributed by atoms with Gasteiger partial charge in [-0.2, -0.15) is 4.68 Å². The van der Waals surface area contributed by atoms with Crippen LogP contribution in [0.25, 0.3) is 0 Å². The second-order valence-corrected chi connectivity index (χ2v) is 5.60. The lowest BCUT2D eigenvalue weighted by Crippen LogP contribution is -2.13. The molecule has 2 rings (SSSR count). The van der Waals surface area contributed by atoms with Gasteiger partial charge >= 0.3 is 5.82 Å². The van der Waals surface area contributed by atoms with Gasteiger partial charge in [0.05, 0.1) is 17.3 Å². The monoisotopic (exact) mass is 336 g/mol. The molecule has 0 spiro atoms. The summed E-state index contributed by atoms with van der Waals surface area (Å²) in [5.74, 6) is -0.465. The quantitative estimate of drug-likeness (QED) is 0.646. The smallest absolute Gasteiger partial charge is 0.358 e. The Labute approximate surface area is 138 Å². The van der Waals surface area contributed by atoms with Crippen LogP contribution < -0.4 is 5.32 Å². The first-order valence-electron chi connectivity index (χ1n) is 7.12. The third-order valence-corrected chi connectivity index (χ3v) is 3.84. The Kier molecular flexibility index (Phi) is 5.33. The van der Waals surface area contributed by atoms with Crippen molar-refractivity contribution in [2.75, 3.05) is 5.32 Å². The Morgan fingerprint density at radius 1 is 1.35 bits per heavy atom. The minimum Gasteiger partial charge on any atom is -0.358 e. The van der Waals surface area contributed by atoms with Crippen LogP contribution in [0.1, 0.15) is 24.1 Å². The average Bonchev–Trinajstić information content (AvgIpc) is 2.78. The van der Waals surface area contributed by atoms with Gasteiger partial charge in [0.2, 0.25) is 5.91 Å². The largest absolute Gasteiger partial charge is 0.408 e. The molecule has 0 bridgehead atoms. The van der Waals surface area contributed by atoms with Gasteiger partial charge in [-0.25, -0.2) is 0 Å². The van der Waals surface area contributed by atoms with Gasteiger partial charge in [-0.1, -0.05) is 29.3 Å². The molecule has 1 heterocycles. The number of rotatable bonds is 6. The summed E-state index contributed by atoms with van der Waals surface area (Å²) in [7, 11) is 0. The molecule has 122 valence electrons. The lowest BCUT2D eigenvalue weighted by Gasteiger charge is -2.05. The molecule has 1 aromatic carbocycles. The van der Waals surface area contributed by atoms with Gasteiger partial charge in [0.15, 0.2) is 5.02 Å². The van der Waals surface area contributed by atoms with Crippen LogP contribution in [-0.2, 0) is 11.3 Å². The number of halogens is 1. The van der Waals surface area contributed by atoms with E-state index in [-0.39, 0.29) is 16.7 Å². The topological polar surface area (TPSA) is 90.1 Å². The molecule has 2 aromatic rings. The number of hydrogen-bond acceptors (Lipinski definition) is 4. The van der Waals surface area contributed by atoms with Crippen LogP contribution in [0, 0.1) is 24.0 Å². The van der Waals surface area contributed by atoms with E-state index in [0.717, 1.165) is 11.3 Å². The van der Waals surface area contributed by atoms with Crippen LogP contribution >= 0.6 is 11.6 Å². The zero-order valence-electron chi connectivity index (χ0n) is 12.9. The van der Waals surface area contributed by atoms with Crippen LogP contribution in [0.15, 0.2) is 24.3 Å². The van der Waals surface area contributed by atoms with Crippen LogP contribution in [0.4, 0.5) is 11.5 Å². The molecule has 7 nitrogen and oxygen atoms in total. The van der Waals surface area contributed by atoms with Gasteiger partial charge in [-0.15, -0.1) is 0 Å². The minimum atomic E-state index is -0.615. The number of nitrogens with one attached hydrogen (secondary N) is 1. The molecule has 23 heavy (non-hydrogen) atoms. The first-order chi connectivity index (χ1) is 10.9. The van der Waals surface area contributed by atoms with Crippen LogP contribution in [0.3, 0.4) is 0 Å². The molecule has 0 unspecified atom stereocenters. The fourth-order valence-corrected chi connectivity index (χ4v) is 2.30. The third-order valence-electron chi connectivity index (χ3n) is 3.40. The highest BCUT2D eigenvalue weighted by Gasteiger charge is 2.23. The van der Waals surface area contributed by atoms with E-state index in [2.05, 4.69) is 10.4 Å². The number of carbonyl (C=O) groups excluding carboxylic acids is 1. The Bertz CT molecular complexity index is 725. The number of amides is 1. The van der Waals surface area contributed by atoms with Crippen LogP contribution in [0.2, 0.25) is 5.02 Å². The summed E-state index contributed by atoms with van der Waals surface area (Å²) in [5, 5.41) is 17.5. The fraction of sp³-hybridized carbons (Fsp3) is 0.333. The van der Waals surface area contributed by atoms with Crippen molar-refractivity contribution < 1.29 is 9.72 Å². The molecular weight excluding hydrogens is 320 g/mol. The number of nitro groups is 1. The lowest BCUT2D eigenvalue weighted by atomic mass is 10.2. The first-order valence-corrected chi connectivity index (χ1v) is 7.50. The van der Waals surface area contributed by atoms with E-state index in [9.17, 15) is 14.9 Å². The SMILES string of the molecule is Cc1ccc(NC(=O)CCCn2nc([N+](=O)[O-])c(Cl)c2C)cc1. The maximum atomic E-state index is 11.9. The molecule has 0 aliphatic heterocycles. The minimum absolute atomic E-state index is 0.0408. The molecule has 0 atom stereocenters. The second-order valence-electron chi connectivity index (χ2n) is 5.22. The van der Waals surface area contributed by atoms with Crippen LogP contribution in [0.5, 0.6) is 0 Å². The molecule has 1 N–H and O–H groups in total. The summed E-state index contributed by atoms with van der Waals surface area (Å²) in [6, 6.07) is 7.52. The van der Waals surface area contributed by atoms with Gasteiger partial charge in [0, 0.05) is 12.1 Å².